The molecule has 0 amide bonds. The normalized spacial score (nSPS) is 23.1. The van der Waals surface area contributed by atoms with Gasteiger partial charge in [0.05, 0.1) is 24.9 Å². The summed E-state index contributed by atoms with van der Waals surface area (Å²) < 4.78 is 11.8. The Hall–Kier alpha value is -2.21. The second-order valence-corrected chi connectivity index (χ2v) is 8.35. The van der Waals surface area contributed by atoms with Gasteiger partial charge in [-0.3, -0.25) is 9.98 Å². The molecular formula is C23H29N3O2S. The predicted molar refractivity (Wildman–Crippen MR) is 119 cm³/mol. The van der Waals surface area contributed by atoms with E-state index in [-0.39, 0.29) is 12.1 Å². The van der Waals surface area contributed by atoms with Crippen LogP contribution in [0.25, 0.3) is 0 Å². The second kappa shape index (κ2) is 8.66. The van der Waals surface area contributed by atoms with Crippen LogP contribution in [0, 0.1) is 6.92 Å². The van der Waals surface area contributed by atoms with Crippen molar-refractivity contribution in [3.8, 4) is 11.5 Å². The zero-order valence-corrected chi connectivity index (χ0v) is 18.4. The van der Waals surface area contributed by atoms with Gasteiger partial charge in [-0.2, -0.15) is 0 Å². The number of nitrogens with zero attached hydrogens (tertiary/aromatic N) is 3. The number of amidine groups is 1. The molecule has 3 heterocycles. The minimum Gasteiger partial charge on any atom is -0.490 e. The molecule has 0 radical (unpaired) electrons. The number of pyridine rings is 1. The maximum atomic E-state index is 5.95. The Morgan fingerprint density at radius 3 is 2.52 bits per heavy atom. The molecule has 0 saturated carbocycles. The highest BCUT2D eigenvalue weighted by Crippen LogP contribution is 2.50. The molecule has 4 rings (SSSR count). The monoisotopic (exact) mass is 411 g/mol. The largest absolute Gasteiger partial charge is 0.490 e. The molecule has 2 aromatic rings. The molecule has 1 saturated heterocycles. The molecule has 1 fully saturated rings. The minimum atomic E-state index is -0.0147. The van der Waals surface area contributed by atoms with Crippen molar-refractivity contribution in [1.29, 1.82) is 0 Å². The van der Waals surface area contributed by atoms with Crippen molar-refractivity contribution in [3.05, 3.63) is 53.3 Å². The minimum absolute atomic E-state index is 0.0147. The van der Waals surface area contributed by atoms with Gasteiger partial charge in [-0.05, 0) is 62.6 Å². The molecule has 6 heteroatoms. The van der Waals surface area contributed by atoms with E-state index in [9.17, 15) is 0 Å². The van der Waals surface area contributed by atoms with Gasteiger partial charge in [-0.25, -0.2) is 0 Å². The first-order valence-electron chi connectivity index (χ1n) is 10.5. The fraction of sp³-hybridized carbons (Fsp3) is 0.478. The van der Waals surface area contributed by atoms with Crippen molar-refractivity contribution in [3.63, 3.8) is 0 Å². The summed E-state index contributed by atoms with van der Waals surface area (Å²) in [6, 6.07) is 11.0. The van der Waals surface area contributed by atoms with Crippen LogP contribution in [0.4, 0.5) is 0 Å². The lowest BCUT2D eigenvalue weighted by Gasteiger charge is -2.33. The molecular weight excluding hydrogens is 382 g/mol. The molecule has 0 spiro atoms. The topological polar surface area (TPSA) is 47.0 Å². The summed E-state index contributed by atoms with van der Waals surface area (Å²) in [6.07, 6.45) is 2.96. The standard InChI is InChI=1S/C23H29N3O2S/c1-5-16-14-29-23-25-21(18-10-8-9-11-24-18)22(26(16)23)17-13-20(28-7-3)19(27-6-2)12-15(17)4/h8-13,16,21-22H,5-7,14H2,1-4H3/t16-,21-,22-/m1/s1. The average Bonchev–Trinajstić information content (AvgIpc) is 3.30. The quantitative estimate of drug-likeness (QED) is 0.629. The van der Waals surface area contributed by atoms with Crippen LogP contribution < -0.4 is 9.47 Å². The first kappa shape index (κ1) is 20.1. The van der Waals surface area contributed by atoms with Gasteiger partial charge in [0, 0.05) is 18.0 Å². The van der Waals surface area contributed by atoms with Crippen LogP contribution in [-0.4, -0.2) is 40.1 Å². The van der Waals surface area contributed by atoms with Crippen LogP contribution in [0.15, 0.2) is 41.5 Å². The predicted octanol–water partition coefficient (Wildman–Crippen LogP) is 5.17. The highest BCUT2D eigenvalue weighted by atomic mass is 32.2. The summed E-state index contributed by atoms with van der Waals surface area (Å²) in [5.74, 6) is 2.71. The maximum Gasteiger partial charge on any atom is 0.161 e. The number of hydrogen-bond acceptors (Lipinski definition) is 6. The Kier molecular flexibility index (Phi) is 5.99. The first-order valence-corrected chi connectivity index (χ1v) is 11.5. The molecule has 2 aliphatic heterocycles. The lowest BCUT2D eigenvalue weighted by Crippen LogP contribution is -2.35. The summed E-state index contributed by atoms with van der Waals surface area (Å²) in [5.41, 5.74) is 3.46. The molecule has 0 N–H and O–H groups in total. The molecule has 3 atom stereocenters. The molecule has 5 nitrogen and oxygen atoms in total. The van der Waals surface area contributed by atoms with Gasteiger partial charge in [0.1, 0.15) is 6.04 Å². The number of aryl methyl sites for hydroxylation is 1. The van der Waals surface area contributed by atoms with Crippen molar-refractivity contribution in [1.82, 2.24) is 9.88 Å². The zero-order valence-electron chi connectivity index (χ0n) is 17.6. The maximum absolute atomic E-state index is 5.95. The lowest BCUT2D eigenvalue weighted by molar-refractivity contribution is 0.251. The second-order valence-electron chi connectivity index (χ2n) is 7.36. The first-order chi connectivity index (χ1) is 14.2. The number of rotatable bonds is 7. The zero-order chi connectivity index (χ0) is 20.4. The number of ether oxygens (including phenoxy) is 2. The van der Waals surface area contributed by atoms with Gasteiger partial charge >= 0.3 is 0 Å². The van der Waals surface area contributed by atoms with E-state index in [2.05, 4.69) is 41.9 Å². The highest BCUT2D eigenvalue weighted by molar-refractivity contribution is 8.14. The third-order valence-electron chi connectivity index (χ3n) is 5.58. The molecule has 1 aromatic carbocycles. The number of hydrogen-bond donors (Lipinski definition) is 0. The molecule has 1 aromatic heterocycles. The molecule has 29 heavy (non-hydrogen) atoms. The molecule has 2 aliphatic rings. The summed E-state index contributed by atoms with van der Waals surface area (Å²) in [5, 5.41) is 1.14. The fourth-order valence-electron chi connectivity index (χ4n) is 4.22. The molecule has 0 aliphatic carbocycles. The van der Waals surface area contributed by atoms with Gasteiger partial charge in [-0.15, -0.1) is 0 Å². The third-order valence-corrected chi connectivity index (χ3v) is 6.71. The van der Waals surface area contributed by atoms with E-state index in [0.29, 0.717) is 19.3 Å². The summed E-state index contributed by atoms with van der Waals surface area (Å²) in [4.78, 5) is 12.3. The fourth-order valence-corrected chi connectivity index (χ4v) is 5.56. The molecule has 0 bridgehead atoms. The van der Waals surface area contributed by atoms with E-state index >= 15 is 0 Å². The van der Waals surface area contributed by atoms with Crippen LogP contribution in [0.3, 0.4) is 0 Å². The Bertz CT molecular complexity index is 887. The van der Waals surface area contributed by atoms with Crippen LogP contribution in [-0.2, 0) is 0 Å². The van der Waals surface area contributed by atoms with Gasteiger partial charge < -0.3 is 14.4 Å². The van der Waals surface area contributed by atoms with E-state index in [1.165, 1.54) is 11.1 Å². The molecule has 154 valence electrons. The van der Waals surface area contributed by atoms with E-state index in [0.717, 1.165) is 34.5 Å². The highest BCUT2D eigenvalue weighted by Gasteiger charge is 2.46. The number of benzene rings is 1. The van der Waals surface area contributed by atoms with Gasteiger partial charge in [0.15, 0.2) is 16.7 Å². The van der Waals surface area contributed by atoms with Gasteiger partial charge in [0.2, 0.25) is 0 Å². The number of fused-ring (bicyclic) bond motifs is 1. The SMILES string of the molecule is CCOc1cc(C)c([C@@H]2[C@@H](c3ccccn3)N=C3SC[C@@H](CC)N32)cc1OCC. The van der Waals surface area contributed by atoms with E-state index in [4.69, 9.17) is 14.5 Å². The molecule has 0 unspecified atom stereocenters. The Labute approximate surface area is 177 Å². The third kappa shape index (κ3) is 3.70. The van der Waals surface area contributed by atoms with Gasteiger partial charge in [0.25, 0.3) is 0 Å². The average molecular weight is 412 g/mol. The summed E-state index contributed by atoms with van der Waals surface area (Å²) in [6.45, 7) is 9.65. The van der Waals surface area contributed by atoms with Gasteiger partial charge in [-0.1, -0.05) is 24.8 Å². The van der Waals surface area contributed by atoms with E-state index in [1.54, 1.807) is 0 Å². The van der Waals surface area contributed by atoms with Crippen molar-refractivity contribution in [2.75, 3.05) is 19.0 Å². The van der Waals surface area contributed by atoms with Crippen molar-refractivity contribution < 1.29 is 9.47 Å². The smallest absolute Gasteiger partial charge is 0.161 e. The van der Waals surface area contributed by atoms with E-state index in [1.807, 2.05) is 43.9 Å². The summed E-state index contributed by atoms with van der Waals surface area (Å²) >= 11 is 1.87. The van der Waals surface area contributed by atoms with Crippen LogP contribution in [0.2, 0.25) is 0 Å². The Morgan fingerprint density at radius 1 is 1.10 bits per heavy atom. The Balaban J connectivity index is 1.82. The van der Waals surface area contributed by atoms with Crippen LogP contribution >= 0.6 is 11.8 Å². The lowest BCUT2D eigenvalue weighted by atomic mass is 9.91. The van der Waals surface area contributed by atoms with Crippen molar-refractivity contribution in [2.24, 2.45) is 4.99 Å². The van der Waals surface area contributed by atoms with E-state index < -0.39 is 0 Å². The van der Waals surface area contributed by atoms with Crippen molar-refractivity contribution >= 4 is 16.9 Å². The van der Waals surface area contributed by atoms with Crippen molar-refractivity contribution in [2.45, 2.75) is 52.2 Å². The Morgan fingerprint density at radius 2 is 1.86 bits per heavy atom. The number of aromatic nitrogens is 1. The van der Waals surface area contributed by atoms with Crippen LogP contribution in [0.1, 0.15) is 56.1 Å². The number of thioether (sulfide) groups is 1. The van der Waals surface area contributed by atoms with Crippen LogP contribution in [0.5, 0.6) is 11.5 Å². The summed E-state index contributed by atoms with van der Waals surface area (Å²) in [7, 11) is 0. The number of aliphatic imine (C=N–C) groups is 1.